The molecule has 1 aliphatic rings. The summed E-state index contributed by atoms with van der Waals surface area (Å²) in [5.74, 6) is 0. The second-order valence-electron chi connectivity index (χ2n) is 5.06. The van der Waals surface area contributed by atoms with Crippen molar-refractivity contribution >= 4 is 27.5 Å². The fourth-order valence-electron chi connectivity index (χ4n) is 2.66. The first-order valence-electron chi connectivity index (χ1n) is 6.31. The molecule has 0 aromatic heterocycles. The standard InChI is InChI=1S/C14H19BrClNO/c1-17-10-14(4-6-18-7-5-14)9-11-2-3-12(15)8-13(11)16/h2-3,8,17H,4-7,9-10H2,1H3. The van der Waals surface area contributed by atoms with Gasteiger partial charge in [-0.15, -0.1) is 0 Å². The van der Waals surface area contributed by atoms with Crippen molar-refractivity contribution in [2.24, 2.45) is 5.41 Å². The maximum atomic E-state index is 6.33. The second-order valence-corrected chi connectivity index (χ2v) is 6.38. The average Bonchev–Trinajstić information content (AvgIpc) is 2.34. The lowest BCUT2D eigenvalue weighted by molar-refractivity contribution is 0.0158. The maximum Gasteiger partial charge on any atom is 0.0471 e. The van der Waals surface area contributed by atoms with Gasteiger partial charge < -0.3 is 10.1 Å². The molecule has 0 bridgehead atoms. The number of hydrogen-bond acceptors (Lipinski definition) is 2. The molecule has 4 heteroatoms. The van der Waals surface area contributed by atoms with Gasteiger partial charge in [0.05, 0.1) is 0 Å². The van der Waals surface area contributed by atoms with E-state index in [9.17, 15) is 0 Å². The van der Waals surface area contributed by atoms with Crippen LogP contribution in [0.25, 0.3) is 0 Å². The molecule has 0 aliphatic carbocycles. The summed E-state index contributed by atoms with van der Waals surface area (Å²) in [6.07, 6.45) is 3.21. The van der Waals surface area contributed by atoms with Gasteiger partial charge in [-0.2, -0.15) is 0 Å². The van der Waals surface area contributed by atoms with Crippen LogP contribution in [0.1, 0.15) is 18.4 Å². The molecule has 1 saturated heterocycles. The molecule has 0 spiro atoms. The van der Waals surface area contributed by atoms with E-state index in [2.05, 4.69) is 33.4 Å². The summed E-state index contributed by atoms with van der Waals surface area (Å²) in [7, 11) is 2.01. The summed E-state index contributed by atoms with van der Waals surface area (Å²) in [5.41, 5.74) is 1.52. The van der Waals surface area contributed by atoms with Crippen molar-refractivity contribution in [2.75, 3.05) is 26.8 Å². The Bertz CT molecular complexity index is 399. The van der Waals surface area contributed by atoms with Crippen LogP contribution in [0.15, 0.2) is 22.7 Å². The molecule has 1 aromatic rings. The van der Waals surface area contributed by atoms with E-state index >= 15 is 0 Å². The van der Waals surface area contributed by atoms with E-state index < -0.39 is 0 Å². The summed E-state index contributed by atoms with van der Waals surface area (Å²) in [6, 6.07) is 6.16. The monoisotopic (exact) mass is 331 g/mol. The van der Waals surface area contributed by atoms with Gasteiger partial charge in [-0.3, -0.25) is 0 Å². The van der Waals surface area contributed by atoms with Gasteiger partial charge in [-0.05, 0) is 49.4 Å². The van der Waals surface area contributed by atoms with Crippen LogP contribution in [-0.4, -0.2) is 26.8 Å². The van der Waals surface area contributed by atoms with E-state index in [0.717, 1.165) is 48.5 Å². The lowest BCUT2D eigenvalue weighted by Gasteiger charge is -2.37. The first-order valence-corrected chi connectivity index (χ1v) is 7.49. The average molecular weight is 333 g/mol. The SMILES string of the molecule is CNCC1(Cc2ccc(Br)cc2Cl)CCOCC1. The molecule has 0 saturated carbocycles. The molecule has 0 radical (unpaired) electrons. The van der Waals surface area contributed by atoms with E-state index in [1.807, 2.05) is 13.1 Å². The van der Waals surface area contributed by atoms with Crippen LogP contribution in [-0.2, 0) is 11.2 Å². The van der Waals surface area contributed by atoms with Gasteiger partial charge in [0.25, 0.3) is 0 Å². The van der Waals surface area contributed by atoms with Crippen molar-refractivity contribution < 1.29 is 4.74 Å². The first-order chi connectivity index (χ1) is 8.65. The Morgan fingerprint density at radius 1 is 1.39 bits per heavy atom. The van der Waals surface area contributed by atoms with Crippen LogP contribution in [0.2, 0.25) is 5.02 Å². The highest BCUT2D eigenvalue weighted by atomic mass is 79.9. The number of rotatable bonds is 4. The van der Waals surface area contributed by atoms with Gasteiger partial charge in [-0.25, -0.2) is 0 Å². The molecule has 100 valence electrons. The van der Waals surface area contributed by atoms with Crippen molar-refractivity contribution in [3.05, 3.63) is 33.3 Å². The number of benzene rings is 1. The molecule has 2 rings (SSSR count). The molecule has 1 aliphatic heterocycles. The Morgan fingerprint density at radius 2 is 2.11 bits per heavy atom. The predicted molar refractivity (Wildman–Crippen MR) is 79.3 cm³/mol. The molecule has 1 aromatic carbocycles. The minimum absolute atomic E-state index is 0.282. The summed E-state index contributed by atoms with van der Waals surface area (Å²) in [6.45, 7) is 2.73. The van der Waals surface area contributed by atoms with Gasteiger partial charge in [-0.1, -0.05) is 33.6 Å². The van der Waals surface area contributed by atoms with Gasteiger partial charge >= 0.3 is 0 Å². The first kappa shape index (κ1) is 14.3. The highest BCUT2D eigenvalue weighted by Crippen LogP contribution is 2.36. The van der Waals surface area contributed by atoms with Crippen molar-refractivity contribution in [2.45, 2.75) is 19.3 Å². The van der Waals surface area contributed by atoms with E-state index in [1.165, 1.54) is 5.56 Å². The maximum absolute atomic E-state index is 6.33. The molecule has 18 heavy (non-hydrogen) atoms. The van der Waals surface area contributed by atoms with Crippen molar-refractivity contribution in [3.8, 4) is 0 Å². The Balaban J connectivity index is 2.17. The zero-order valence-corrected chi connectivity index (χ0v) is 13.0. The Labute approximate surface area is 122 Å². The Morgan fingerprint density at radius 3 is 2.72 bits per heavy atom. The fraction of sp³-hybridized carbons (Fsp3) is 0.571. The highest BCUT2D eigenvalue weighted by Gasteiger charge is 2.32. The van der Waals surface area contributed by atoms with Crippen LogP contribution in [0, 0.1) is 5.41 Å². The zero-order valence-electron chi connectivity index (χ0n) is 10.6. The van der Waals surface area contributed by atoms with Gasteiger partial charge in [0, 0.05) is 29.3 Å². The molecular formula is C14H19BrClNO. The van der Waals surface area contributed by atoms with Crippen LogP contribution in [0.5, 0.6) is 0 Å². The molecular weight excluding hydrogens is 314 g/mol. The molecule has 0 atom stereocenters. The number of hydrogen-bond donors (Lipinski definition) is 1. The zero-order chi connectivity index (χ0) is 13.0. The Kier molecular flexibility index (Phi) is 5.07. The number of halogens is 2. The van der Waals surface area contributed by atoms with Gasteiger partial charge in [0.2, 0.25) is 0 Å². The minimum atomic E-state index is 0.282. The van der Waals surface area contributed by atoms with E-state index in [-0.39, 0.29) is 5.41 Å². The van der Waals surface area contributed by atoms with Crippen molar-refractivity contribution in [1.82, 2.24) is 5.32 Å². The molecule has 2 nitrogen and oxygen atoms in total. The summed E-state index contributed by atoms with van der Waals surface area (Å²) < 4.78 is 6.52. The minimum Gasteiger partial charge on any atom is -0.381 e. The molecule has 1 heterocycles. The normalized spacial score (nSPS) is 18.8. The van der Waals surface area contributed by atoms with Crippen LogP contribution in [0.3, 0.4) is 0 Å². The summed E-state index contributed by atoms with van der Waals surface area (Å²) >= 11 is 9.78. The summed E-state index contributed by atoms with van der Waals surface area (Å²) in [4.78, 5) is 0. The predicted octanol–water partition coefficient (Wildman–Crippen LogP) is 3.66. The van der Waals surface area contributed by atoms with E-state index in [0.29, 0.717) is 0 Å². The van der Waals surface area contributed by atoms with E-state index in [1.54, 1.807) is 0 Å². The number of ether oxygens (including phenoxy) is 1. The number of nitrogens with one attached hydrogen (secondary N) is 1. The van der Waals surface area contributed by atoms with Gasteiger partial charge in [0.1, 0.15) is 0 Å². The quantitative estimate of drug-likeness (QED) is 0.908. The Hall–Kier alpha value is -0.0900. The van der Waals surface area contributed by atoms with Crippen molar-refractivity contribution in [1.29, 1.82) is 0 Å². The van der Waals surface area contributed by atoms with Crippen LogP contribution in [0.4, 0.5) is 0 Å². The largest absolute Gasteiger partial charge is 0.381 e. The van der Waals surface area contributed by atoms with Crippen LogP contribution >= 0.6 is 27.5 Å². The molecule has 1 N–H and O–H groups in total. The van der Waals surface area contributed by atoms with Crippen molar-refractivity contribution in [3.63, 3.8) is 0 Å². The fourth-order valence-corrected chi connectivity index (χ4v) is 3.40. The third kappa shape index (κ3) is 3.47. The van der Waals surface area contributed by atoms with E-state index in [4.69, 9.17) is 16.3 Å². The summed E-state index contributed by atoms with van der Waals surface area (Å²) in [5, 5.41) is 4.17. The second kappa shape index (κ2) is 6.38. The lowest BCUT2D eigenvalue weighted by atomic mass is 9.75. The molecule has 1 fully saturated rings. The topological polar surface area (TPSA) is 21.3 Å². The third-order valence-corrected chi connectivity index (χ3v) is 4.53. The smallest absolute Gasteiger partial charge is 0.0471 e. The molecule has 0 amide bonds. The third-order valence-electron chi connectivity index (χ3n) is 3.69. The highest BCUT2D eigenvalue weighted by molar-refractivity contribution is 9.10. The van der Waals surface area contributed by atoms with Gasteiger partial charge in [0.15, 0.2) is 0 Å². The molecule has 0 unspecified atom stereocenters. The van der Waals surface area contributed by atoms with Crippen LogP contribution < -0.4 is 5.32 Å². The lowest BCUT2D eigenvalue weighted by Crippen LogP contribution is -2.39.